The van der Waals surface area contributed by atoms with Gasteiger partial charge in [-0.3, -0.25) is 0 Å². The molecule has 0 N–H and O–H groups in total. The van der Waals surface area contributed by atoms with Crippen molar-refractivity contribution in [1.29, 1.82) is 0 Å². The Hall–Kier alpha value is 0.310. The van der Waals surface area contributed by atoms with E-state index in [2.05, 4.69) is 20.8 Å². The molecule has 55 valence electrons. The van der Waals surface area contributed by atoms with Gasteiger partial charge in [0.05, 0.1) is 0 Å². The number of thioether (sulfide) groups is 1. The van der Waals surface area contributed by atoms with Crippen molar-refractivity contribution in [2.75, 3.05) is 5.94 Å². The van der Waals surface area contributed by atoms with Gasteiger partial charge in [-0.05, 0) is 12.3 Å². The van der Waals surface area contributed by atoms with Crippen LogP contribution in [-0.2, 0) is 5.11 Å². The summed E-state index contributed by atoms with van der Waals surface area (Å²) in [5.41, 5.74) is 0. The lowest BCUT2D eigenvalue weighted by Crippen LogP contribution is -2.09. The summed E-state index contributed by atoms with van der Waals surface area (Å²) in [6, 6.07) is 0. The molecule has 0 aliphatic heterocycles. The average Bonchev–Trinajstić information content (AvgIpc) is 1.82. The molecule has 0 amide bonds. The molecule has 1 nitrogen and oxygen atoms in total. The Balaban J connectivity index is 3.41. The molecule has 0 heterocycles. The van der Waals surface area contributed by atoms with Gasteiger partial charge in [0, 0.05) is 5.25 Å². The standard InChI is InChI=1S/C7H15OS/c1-4-7(6(2)3)9-5-8/h6-7H,4-5H2,1-3H3. The van der Waals surface area contributed by atoms with E-state index in [0.29, 0.717) is 11.2 Å². The third-order valence-corrected chi connectivity index (χ3v) is 2.87. The molecular weight excluding hydrogens is 132 g/mol. The molecule has 1 radical (unpaired) electrons. The highest BCUT2D eigenvalue weighted by Gasteiger charge is 2.09. The summed E-state index contributed by atoms with van der Waals surface area (Å²) in [4.78, 5) is 0. The van der Waals surface area contributed by atoms with Crippen LogP contribution in [0.25, 0.3) is 0 Å². The summed E-state index contributed by atoms with van der Waals surface area (Å²) >= 11 is 1.53. The minimum atomic E-state index is 0.0106. The van der Waals surface area contributed by atoms with Gasteiger partial charge in [-0.25, -0.2) is 5.11 Å². The van der Waals surface area contributed by atoms with Crippen LogP contribution in [0.1, 0.15) is 27.2 Å². The highest BCUT2D eigenvalue weighted by molar-refractivity contribution is 7.99. The van der Waals surface area contributed by atoms with Crippen LogP contribution in [0.4, 0.5) is 0 Å². The van der Waals surface area contributed by atoms with E-state index in [-0.39, 0.29) is 5.94 Å². The molecule has 0 aromatic heterocycles. The first-order valence-electron chi connectivity index (χ1n) is 3.42. The summed E-state index contributed by atoms with van der Waals surface area (Å²) in [6.07, 6.45) is 1.12. The summed E-state index contributed by atoms with van der Waals surface area (Å²) in [6.45, 7) is 6.46. The molecule has 0 fully saturated rings. The van der Waals surface area contributed by atoms with Gasteiger partial charge >= 0.3 is 0 Å². The zero-order valence-electron chi connectivity index (χ0n) is 6.39. The third kappa shape index (κ3) is 3.82. The second-order valence-electron chi connectivity index (χ2n) is 2.48. The van der Waals surface area contributed by atoms with Gasteiger partial charge in [0.15, 0.2) is 0 Å². The minimum absolute atomic E-state index is 0.0106. The van der Waals surface area contributed by atoms with E-state index in [4.69, 9.17) is 0 Å². The zero-order valence-corrected chi connectivity index (χ0v) is 7.20. The Morgan fingerprint density at radius 1 is 1.44 bits per heavy atom. The van der Waals surface area contributed by atoms with Crippen molar-refractivity contribution >= 4 is 11.8 Å². The van der Waals surface area contributed by atoms with Crippen LogP contribution in [0.2, 0.25) is 0 Å². The van der Waals surface area contributed by atoms with Crippen molar-refractivity contribution in [2.45, 2.75) is 32.4 Å². The number of rotatable bonds is 4. The highest BCUT2D eigenvalue weighted by Crippen LogP contribution is 2.21. The third-order valence-electron chi connectivity index (χ3n) is 1.43. The Morgan fingerprint density at radius 3 is 2.11 bits per heavy atom. The molecule has 0 aromatic carbocycles. The van der Waals surface area contributed by atoms with E-state index in [1.807, 2.05) is 0 Å². The van der Waals surface area contributed by atoms with Crippen molar-refractivity contribution in [3.05, 3.63) is 0 Å². The monoisotopic (exact) mass is 147 g/mol. The predicted octanol–water partition coefficient (Wildman–Crippen LogP) is 2.54. The molecule has 0 spiro atoms. The quantitative estimate of drug-likeness (QED) is 0.559. The topological polar surface area (TPSA) is 19.9 Å². The van der Waals surface area contributed by atoms with Gasteiger partial charge in [0.2, 0.25) is 0 Å². The summed E-state index contributed by atoms with van der Waals surface area (Å²) in [5.74, 6) is 0.658. The molecule has 0 saturated heterocycles. The SMILES string of the molecule is CCC(SC[O])C(C)C. The van der Waals surface area contributed by atoms with Crippen LogP contribution >= 0.6 is 11.8 Å². The van der Waals surface area contributed by atoms with Crippen LogP contribution in [0.5, 0.6) is 0 Å². The Morgan fingerprint density at radius 2 is 2.00 bits per heavy atom. The van der Waals surface area contributed by atoms with E-state index in [1.165, 1.54) is 11.8 Å². The second kappa shape index (κ2) is 5.12. The normalized spacial score (nSPS) is 14.3. The Labute approximate surface area is 61.8 Å². The van der Waals surface area contributed by atoms with Crippen LogP contribution < -0.4 is 0 Å². The molecular formula is C7H15OS. The van der Waals surface area contributed by atoms with Crippen molar-refractivity contribution in [2.24, 2.45) is 5.92 Å². The predicted molar refractivity (Wildman–Crippen MR) is 42.1 cm³/mol. The summed E-state index contributed by atoms with van der Waals surface area (Å²) < 4.78 is 0. The molecule has 0 aliphatic carbocycles. The Bertz CT molecular complexity index is 63.9. The van der Waals surface area contributed by atoms with Gasteiger partial charge in [0.25, 0.3) is 0 Å². The zero-order chi connectivity index (χ0) is 7.28. The fourth-order valence-electron chi connectivity index (χ4n) is 0.869. The maximum absolute atomic E-state index is 10.2. The van der Waals surface area contributed by atoms with E-state index in [1.54, 1.807) is 0 Å². The van der Waals surface area contributed by atoms with Crippen LogP contribution in [0.15, 0.2) is 0 Å². The van der Waals surface area contributed by atoms with Gasteiger partial charge < -0.3 is 0 Å². The van der Waals surface area contributed by atoms with Crippen LogP contribution in [-0.4, -0.2) is 11.2 Å². The van der Waals surface area contributed by atoms with E-state index in [9.17, 15) is 5.11 Å². The molecule has 0 aliphatic rings. The summed E-state index contributed by atoms with van der Waals surface area (Å²) in [7, 11) is 0. The van der Waals surface area contributed by atoms with Gasteiger partial charge in [-0.1, -0.05) is 20.8 Å². The molecule has 0 bridgehead atoms. The first kappa shape index (κ1) is 9.31. The maximum atomic E-state index is 10.2. The average molecular weight is 147 g/mol. The minimum Gasteiger partial charge on any atom is -0.225 e. The fraction of sp³-hybridized carbons (Fsp3) is 1.00. The highest BCUT2D eigenvalue weighted by atomic mass is 32.2. The molecule has 2 heteroatoms. The van der Waals surface area contributed by atoms with E-state index < -0.39 is 0 Å². The van der Waals surface area contributed by atoms with Crippen molar-refractivity contribution in [3.8, 4) is 0 Å². The first-order valence-corrected chi connectivity index (χ1v) is 4.47. The van der Waals surface area contributed by atoms with Crippen molar-refractivity contribution < 1.29 is 5.11 Å². The maximum Gasteiger partial charge on any atom is 0.128 e. The molecule has 0 rings (SSSR count). The van der Waals surface area contributed by atoms with Gasteiger partial charge in [0.1, 0.15) is 5.94 Å². The number of hydrogen-bond donors (Lipinski definition) is 0. The lowest BCUT2D eigenvalue weighted by atomic mass is 10.1. The lowest BCUT2D eigenvalue weighted by Gasteiger charge is -2.15. The number of hydrogen-bond acceptors (Lipinski definition) is 1. The Kier molecular flexibility index (Phi) is 5.30. The van der Waals surface area contributed by atoms with Crippen LogP contribution in [0.3, 0.4) is 0 Å². The van der Waals surface area contributed by atoms with Crippen LogP contribution in [0, 0.1) is 5.92 Å². The van der Waals surface area contributed by atoms with Gasteiger partial charge in [-0.15, -0.1) is 11.8 Å². The molecule has 1 unspecified atom stereocenters. The largest absolute Gasteiger partial charge is 0.225 e. The summed E-state index contributed by atoms with van der Waals surface area (Å²) in [5, 5.41) is 10.7. The van der Waals surface area contributed by atoms with Gasteiger partial charge in [-0.2, -0.15) is 0 Å². The smallest absolute Gasteiger partial charge is 0.128 e. The van der Waals surface area contributed by atoms with E-state index in [0.717, 1.165) is 6.42 Å². The van der Waals surface area contributed by atoms with E-state index >= 15 is 0 Å². The van der Waals surface area contributed by atoms with Crippen molar-refractivity contribution in [3.63, 3.8) is 0 Å². The first-order chi connectivity index (χ1) is 4.22. The van der Waals surface area contributed by atoms with Crippen molar-refractivity contribution in [1.82, 2.24) is 0 Å². The molecule has 1 atom stereocenters. The fourth-order valence-corrected chi connectivity index (χ4v) is 1.66. The lowest BCUT2D eigenvalue weighted by molar-refractivity contribution is 0.259. The molecule has 0 saturated carbocycles. The second-order valence-corrected chi connectivity index (χ2v) is 3.65. The molecule has 0 aromatic rings. The molecule has 9 heavy (non-hydrogen) atoms.